The van der Waals surface area contributed by atoms with Crippen LogP contribution in [0, 0.1) is 40.8 Å². The number of nitrogens with zero attached hydrogens (tertiary/aromatic N) is 1. The zero-order valence-corrected chi connectivity index (χ0v) is 19.2. The van der Waals surface area contributed by atoms with Gasteiger partial charge in [0, 0.05) is 0 Å². The first-order valence-electron chi connectivity index (χ1n) is 12.9. The highest BCUT2D eigenvalue weighted by atomic mass is 19.1. The van der Waals surface area contributed by atoms with Crippen molar-refractivity contribution in [1.82, 2.24) is 0 Å². The molecule has 1 aromatic rings. The van der Waals surface area contributed by atoms with Crippen LogP contribution < -0.4 is 0 Å². The highest BCUT2D eigenvalue weighted by molar-refractivity contribution is 5.33. The van der Waals surface area contributed by atoms with Crippen molar-refractivity contribution in [1.29, 1.82) is 5.26 Å². The first kappa shape index (κ1) is 23.3. The monoisotopic (exact) mass is 411 g/mol. The first-order chi connectivity index (χ1) is 14.7. The lowest BCUT2D eigenvalue weighted by molar-refractivity contribution is 0.208. The molecule has 0 spiro atoms. The van der Waals surface area contributed by atoms with Crippen LogP contribution in [0.4, 0.5) is 4.39 Å². The fourth-order valence-corrected chi connectivity index (χ4v) is 5.95. The van der Waals surface area contributed by atoms with E-state index in [0.29, 0.717) is 0 Å². The minimum absolute atomic E-state index is 0.157. The summed E-state index contributed by atoms with van der Waals surface area (Å²) >= 11 is 0. The molecule has 0 aliphatic heterocycles. The van der Waals surface area contributed by atoms with Crippen molar-refractivity contribution >= 4 is 0 Å². The van der Waals surface area contributed by atoms with Crippen LogP contribution in [0.1, 0.15) is 114 Å². The van der Waals surface area contributed by atoms with Gasteiger partial charge >= 0.3 is 0 Å². The van der Waals surface area contributed by atoms with Gasteiger partial charge in [-0.15, -0.1) is 0 Å². The highest BCUT2D eigenvalue weighted by Crippen LogP contribution is 2.38. The Morgan fingerprint density at radius 3 is 1.83 bits per heavy atom. The lowest BCUT2D eigenvalue weighted by atomic mass is 9.74. The smallest absolute Gasteiger partial charge is 0.141 e. The summed E-state index contributed by atoms with van der Waals surface area (Å²) in [5.74, 6) is 3.44. The number of unbranched alkanes of at least 4 members (excludes halogenated alkanes) is 2. The van der Waals surface area contributed by atoms with Crippen LogP contribution in [0.5, 0.6) is 0 Å². The van der Waals surface area contributed by atoms with Gasteiger partial charge in [-0.25, -0.2) is 4.39 Å². The fraction of sp³-hybridized carbons (Fsp3) is 0.750. The lowest BCUT2D eigenvalue weighted by Crippen LogP contribution is -2.18. The first-order valence-corrected chi connectivity index (χ1v) is 12.9. The summed E-state index contributed by atoms with van der Waals surface area (Å²) in [5.41, 5.74) is 1.20. The van der Waals surface area contributed by atoms with E-state index in [1.54, 1.807) is 12.1 Å². The molecule has 2 heteroatoms. The molecule has 166 valence electrons. The standard InChI is InChI=1S/C28H42FN/c1-2-3-4-5-22-6-8-23(9-7-22)10-11-24-12-14-25(15-13-24)16-17-26-18-19-27(21-30)28(29)20-26/h18-20,22-25H,2-17H2,1H3. The summed E-state index contributed by atoms with van der Waals surface area (Å²) in [7, 11) is 0. The van der Waals surface area contributed by atoms with Crippen molar-refractivity contribution in [3.8, 4) is 6.07 Å². The summed E-state index contributed by atoms with van der Waals surface area (Å²) in [6.07, 6.45) is 22.3. The van der Waals surface area contributed by atoms with E-state index in [4.69, 9.17) is 5.26 Å². The number of rotatable bonds is 10. The quantitative estimate of drug-likeness (QED) is 0.353. The molecule has 2 saturated carbocycles. The number of hydrogen-bond acceptors (Lipinski definition) is 1. The van der Waals surface area contributed by atoms with E-state index < -0.39 is 0 Å². The summed E-state index contributed by atoms with van der Waals surface area (Å²) in [5, 5.41) is 8.86. The predicted octanol–water partition coefficient (Wildman–Crippen LogP) is 8.60. The van der Waals surface area contributed by atoms with Crippen LogP contribution in [-0.4, -0.2) is 0 Å². The lowest BCUT2D eigenvalue weighted by Gasteiger charge is -2.32. The van der Waals surface area contributed by atoms with Gasteiger partial charge in [0.15, 0.2) is 0 Å². The molecule has 2 aliphatic carbocycles. The molecule has 1 aromatic carbocycles. The Bertz CT molecular complexity index is 660. The Morgan fingerprint density at radius 1 is 0.800 bits per heavy atom. The van der Waals surface area contributed by atoms with E-state index >= 15 is 0 Å². The average molecular weight is 412 g/mol. The zero-order valence-electron chi connectivity index (χ0n) is 19.2. The van der Waals surface area contributed by atoms with Crippen molar-refractivity contribution in [3.63, 3.8) is 0 Å². The van der Waals surface area contributed by atoms with Crippen LogP contribution in [0.15, 0.2) is 18.2 Å². The van der Waals surface area contributed by atoms with E-state index in [0.717, 1.165) is 35.7 Å². The van der Waals surface area contributed by atoms with Gasteiger partial charge in [0.1, 0.15) is 11.9 Å². The third kappa shape index (κ3) is 7.40. The second kappa shape index (κ2) is 12.5. The molecule has 2 aliphatic rings. The number of benzene rings is 1. The van der Waals surface area contributed by atoms with E-state index in [-0.39, 0.29) is 11.4 Å². The van der Waals surface area contributed by atoms with Gasteiger partial charge in [0.2, 0.25) is 0 Å². The van der Waals surface area contributed by atoms with Crippen LogP contribution in [0.25, 0.3) is 0 Å². The molecule has 2 fully saturated rings. The predicted molar refractivity (Wildman–Crippen MR) is 124 cm³/mol. The van der Waals surface area contributed by atoms with Gasteiger partial charge in [-0.05, 0) is 54.2 Å². The molecule has 0 radical (unpaired) electrons. The fourth-order valence-electron chi connectivity index (χ4n) is 5.95. The number of nitriles is 1. The molecule has 0 amide bonds. The molecule has 3 rings (SSSR count). The summed E-state index contributed by atoms with van der Waals surface area (Å²) in [6.45, 7) is 2.31. The van der Waals surface area contributed by atoms with Crippen LogP contribution >= 0.6 is 0 Å². The molecule has 0 unspecified atom stereocenters. The van der Waals surface area contributed by atoms with E-state index in [2.05, 4.69) is 6.92 Å². The maximum absolute atomic E-state index is 13.8. The van der Waals surface area contributed by atoms with Crippen molar-refractivity contribution in [2.45, 2.75) is 110 Å². The zero-order chi connectivity index (χ0) is 21.2. The van der Waals surface area contributed by atoms with Gasteiger partial charge in [0.05, 0.1) is 5.56 Å². The van der Waals surface area contributed by atoms with Crippen LogP contribution in [-0.2, 0) is 6.42 Å². The van der Waals surface area contributed by atoms with Crippen molar-refractivity contribution in [3.05, 3.63) is 35.1 Å². The molecule has 1 nitrogen and oxygen atoms in total. The van der Waals surface area contributed by atoms with Crippen molar-refractivity contribution < 1.29 is 4.39 Å². The largest absolute Gasteiger partial charge is 0.206 e. The van der Waals surface area contributed by atoms with Crippen molar-refractivity contribution in [2.24, 2.45) is 23.7 Å². The maximum atomic E-state index is 13.8. The third-order valence-electron chi connectivity index (χ3n) is 8.13. The van der Waals surface area contributed by atoms with E-state index in [1.165, 1.54) is 96.3 Å². The van der Waals surface area contributed by atoms with Gasteiger partial charge in [-0.3, -0.25) is 0 Å². The van der Waals surface area contributed by atoms with Gasteiger partial charge in [0.25, 0.3) is 0 Å². The number of aryl methyl sites for hydroxylation is 1. The number of halogens is 1. The average Bonchev–Trinajstić information content (AvgIpc) is 2.78. The minimum Gasteiger partial charge on any atom is -0.206 e. The normalized spacial score (nSPS) is 27.0. The maximum Gasteiger partial charge on any atom is 0.141 e. The SMILES string of the molecule is CCCCCC1CCC(CCC2CCC(CCc3ccc(C#N)c(F)c3)CC2)CC1. The molecule has 0 aromatic heterocycles. The molecule has 0 atom stereocenters. The Labute approximate surface area is 184 Å². The Kier molecular flexibility index (Phi) is 9.70. The van der Waals surface area contributed by atoms with E-state index in [1.807, 2.05) is 12.1 Å². The van der Waals surface area contributed by atoms with Crippen LogP contribution in [0.3, 0.4) is 0 Å². The molecule has 0 heterocycles. The second-order valence-corrected chi connectivity index (χ2v) is 10.3. The third-order valence-corrected chi connectivity index (χ3v) is 8.13. The molecular weight excluding hydrogens is 369 g/mol. The second-order valence-electron chi connectivity index (χ2n) is 10.3. The molecule has 30 heavy (non-hydrogen) atoms. The highest BCUT2D eigenvalue weighted by Gasteiger charge is 2.24. The van der Waals surface area contributed by atoms with Gasteiger partial charge < -0.3 is 0 Å². The minimum atomic E-state index is -0.367. The summed E-state index contributed by atoms with van der Waals surface area (Å²) < 4.78 is 13.8. The van der Waals surface area contributed by atoms with Gasteiger partial charge in [-0.2, -0.15) is 5.26 Å². The summed E-state index contributed by atoms with van der Waals surface area (Å²) in [6, 6.07) is 7.01. The topological polar surface area (TPSA) is 23.8 Å². The van der Waals surface area contributed by atoms with Gasteiger partial charge in [-0.1, -0.05) is 103 Å². The summed E-state index contributed by atoms with van der Waals surface area (Å²) in [4.78, 5) is 0. The molecule has 0 bridgehead atoms. The molecule has 0 saturated heterocycles. The molecular formula is C28H42FN. The Hall–Kier alpha value is -1.36. The van der Waals surface area contributed by atoms with E-state index in [9.17, 15) is 4.39 Å². The Balaban J connectivity index is 1.27. The number of hydrogen-bond donors (Lipinski definition) is 0. The molecule has 0 N–H and O–H groups in total. The van der Waals surface area contributed by atoms with Crippen LogP contribution in [0.2, 0.25) is 0 Å². The van der Waals surface area contributed by atoms with Crippen molar-refractivity contribution in [2.75, 3.05) is 0 Å². The Morgan fingerprint density at radius 2 is 1.33 bits per heavy atom.